The molecule has 0 aliphatic carbocycles. The summed E-state index contributed by atoms with van der Waals surface area (Å²) in [5.41, 5.74) is 1.04. The number of ether oxygens (including phenoxy) is 1. The van der Waals surface area contributed by atoms with Gasteiger partial charge < -0.3 is 19.9 Å². The standard InChI is InChI=1S/C24H30ClN5O3/c1-17(22-27-21-11-6-5-10-20(21)23(31)30(22)14-15-33-4)29(13-12-28(2)3)24(32)26-19-9-7-8-18(25)16-19/h5-11,16-17H,12-15H2,1-4H3,(H,26,32). The normalized spacial score (nSPS) is 12.2. The van der Waals surface area contributed by atoms with Crippen LogP contribution in [-0.2, 0) is 11.3 Å². The molecular weight excluding hydrogens is 442 g/mol. The fraction of sp³-hybridized carbons (Fsp3) is 0.375. The van der Waals surface area contributed by atoms with Gasteiger partial charge in [-0.05, 0) is 51.4 Å². The van der Waals surface area contributed by atoms with E-state index in [0.29, 0.717) is 53.7 Å². The van der Waals surface area contributed by atoms with Crippen molar-refractivity contribution in [1.82, 2.24) is 19.4 Å². The van der Waals surface area contributed by atoms with Gasteiger partial charge in [0.05, 0.1) is 30.1 Å². The number of halogens is 1. The van der Waals surface area contributed by atoms with E-state index < -0.39 is 6.04 Å². The van der Waals surface area contributed by atoms with Crippen LogP contribution < -0.4 is 10.9 Å². The van der Waals surface area contributed by atoms with E-state index in [1.807, 2.05) is 44.1 Å². The SMILES string of the molecule is COCCn1c(C(C)N(CCN(C)C)C(=O)Nc2cccc(Cl)c2)nc2ccccc2c1=O. The zero-order chi connectivity index (χ0) is 24.0. The van der Waals surface area contributed by atoms with Crippen molar-refractivity contribution < 1.29 is 9.53 Å². The molecule has 3 aromatic rings. The number of carbonyl (C=O) groups is 1. The van der Waals surface area contributed by atoms with Gasteiger partial charge >= 0.3 is 6.03 Å². The van der Waals surface area contributed by atoms with E-state index in [1.165, 1.54) is 0 Å². The largest absolute Gasteiger partial charge is 0.383 e. The van der Waals surface area contributed by atoms with Crippen LogP contribution in [0.15, 0.2) is 53.3 Å². The highest BCUT2D eigenvalue weighted by atomic mass is 35.5. The molecule has 2 aromatic carbocycles. The number of anilines is 1. The van der Waals surface area contributed by atoms with Crippen molar-refractivity contribution in [3.63, 3.8) is 0 Å². The molecule has 0 aliphatic heterocycles. The molecule has 1 heterocycles. The Morgan fingerprint density at radius 1 is 1.18 bits per heavy atom. The fourth-order valence-electron chi connectivity index (χ4n) is 3.58. The summed E-state index contributed by atoms with van der Waals surface area (Å²) in [4.78, 5) is 35.1. The molecule has 1 unspecified atom stereocenters. The summed E-state index contributed by atoms with van der Waals surface area (Å²) in [6.45, 7) is 3.65. The number of amides is 2. The first-order valence-corrected chi connectivity index (χ1v) is 11.2. The number of benzene rings is 2. The lowest BCUT2D eigenvalue weighted by Gasteiger charge is -2.31. The molecule has 0 saturated carbocycles. The van der Waals surface area contributed by atoms with Crippen LogP contribution in [0.2, 0.25) is 5.02 Å². The second-order valence-corrected chi connectivity index (χ2v) is 8.49. The van der Waals surface area contributed by atoms with Crippen LogP contribution in [0.4, 0.5) is 10.5 Å². The molecule has 1 N–H and O–H groups in total. The summed E-state index contributed by atoms with van der Waals surface area (Å²) in [6, 6.07) is 13.5. The maximum Gasteiger partial charge on any atom is 0.322 e. The number of fused-ring (bicyclic) bond motifs is 1. The summed E-state index contributed by atoms with van der Waals surface area (Å²) >= 11 is 6.08. The van der Waals surface area contributed by atoms with Gasteiger partial charge in [-0.2, -0.15) is 0 Å². The van der Waals surface area contributed by atoms with Crippen molar-refractivity contribution in [3.8, 4) is 0 Å². The number of rotatable bonds is 9. The van der Waals surface area contributed by atoms with Crippen LogP contribution in [0, 0.1) is 0 Å². The lowest BCUT2D eigenvalue weighted by atomic mass is 10.2. The van der Waals surface area contributed by atoms with E-state index in [1.54, 1.807) is 46.9 Å². The van der Waals surface area contributed by atoms with Crippen molar-refractivity contribution in [2.24, 2.45) is 0 Å². The van der Waals surface area contributed by atoms with Crippen molar-refractivity contribution in [2.45, 2.75) is 19.5 Å². The van der Waals surface area contributed by atoms with Crippen molar-refractivity contribution in [2.75, 3.05) is 46.2 Å². The van der Waals surface area contributed by atoms with Gasteiger partial charge in [0, 0.05) is 30.9 Å². The molecular formula is C24H30ClN5O3. The maximum atomic E-state index is 13.3. The Hall–Kier alpha value is -2.94. The number of urea groups is 1. The second-order valence-electron chi connectivity index (χ2n) is 8.05. The fourth-order valence-corrected chi connectivity index (χ4v) is 3.77. The Balaban J connectivity index is 2.02. The number of aromatic nitrogens is 2. The predicted octanol–water partition coefficient (Wildman–Crippen LogP) is 3.85. The summed E-state index contributed by atoms with van der Waals surface area (Å²) in [6.07, 6.45) is 0. The van der Waals surface area contributed by atoms with Crippen LogP contribution in [0.1, 0.15) is 18.8 Å². The van der Waals surface area contributed by atoms with Crippen LogP contribution in [0.3, 0.4) is 0 Å². The van der Waals surface area contributed by atoms with Gasteiger partial charge in [-0.3, -0.25) is 9.36 Å². The van der Waals surface area contributed by atoms with E-state index in [9.17, 15) is 9.59 Å². The number of nitrogens with zero attached hydrogens (tertiary/aromatic N) is 4. The minimum Gasteiger partial charge on any atom is -0.383 e. The first-order valence-electron chi connectivity index (χ1n) is 10.8. The first kappa shape index (κ1) is 24.7. The van der Waals surface area contributed by atoms with E-state index in [4.69, 9.17) is 21.3 Å². The van der Waals surface area contributed by atoms with Crippen LogP contribution in [0.5, 0.6) is 0 Å². The van der Waals surface area contributed by atoms with Gasteiger partial charge in [0.15, 0.2) is 0 Å². The number of hydrogen-bond acceptors (Lipinski definition) is 5. The van der Waals surface area contributed by atoms with Gasteiger partial charge in [-0.25, -0.2) is 9.78 Å². The molecule has 0 spiro atoms. The smallest absolute Gasteiger partial charge is 0.322 e. The molecule has 2 amide bonds. The Labute approximate surface area is 198 Å². The number of carbonyl (C=O) groups excluding carboxylic acids is 1. The summed E-state index contributed by atoms with van der Waals surface area (Å²) in [5.74, 6) is 0.510. The average molecular weight is 472 g/mol. The van der Waals surface area contributed by atoms with Gasteiger partial charge in [0.2, 0.25) is 0 Å². The lowest BCUT2D eigenvalue weighted by molar-refractivity contribution is 0.170. The highest BCUT2D eigenvalue weighted by Gasteiger charge is 2.26. The maximum absolute atomic E-state index is 13.3. The summed E-state index contributed by atoms with van der Waals surface area (Å²) in [5, 5.41) is 3.98. The minimum atomic E-state index is -0.474. The molecule has 176 valence electrons. The molecule has 8 nitrogen and oxygen atoms in total. The molecule has 1 aromatic heterocycles. The number of hydrogen-bond donors (Lipinski definition) is 1. The number of methoxy groups -OCH3 is 1. The van der Waals surface area contributed by atoms with Crippen molar-refractivity contribution >= 4 is 34.2 Å². The molecule has 0 radical (unpaired) electrons. The van der Waals surface area contributed by atoms with Crippen LogP contribution in [0.25, 0.3) is 10.9 Å². The van der Waals surface area contributed by atoms with Gasteiger partial charge in [0.25, 0.3) is 5.56 Å². The van der Waals surface area contributed by atoms with Gasteiger partial charge in [0.1, 0.15) is 5.82 Å². The highest BCUT2D eigenvalue weighted by Crippen LogP contribution is 2.22. The quantitative estimate of drug-likeness (QED) is 0.512. The van der Waals surface area contributed by atoms with Gasteiger partial charge in [-0.15, -0.1) is 0 Å². The number of likely N-dealkylation sites (N-methyl/N-ethyl adjacent to an activating group) is 1. The monoisotopic (exact) mass is 471 g/mol. The Morgan fingerprint density at radius 3 is 2.64 bits per heavy atom. The molecule has 33 heavy (non-hydrogen) atoms. The summed E-state index contributed by atoms with van der Waals surface area (Å²) < 4.78 is 6.83. The molecule has 0 fully saturated rings. The molecule has 0 saturated heterocycles. The minimum absolute atomic E-state index is 0.151. The topological polar surface area (TPSA) is 79.7 Å². The average Bonchev–Trinajstić information content (AvgIpc) is 2.78. The highest BCUT2D eigenvalue weighted by molar-refractivity contribution is 6.30. The number of nitrogens with one attached hydrogen (secondary N) is 1. The third kappa shape index (κ3) is 6.10. The van der Waals surface area contributed by atoms with Gasteiger partial charge in [-0.1, -0.05) is 29.8 Å². The zero-order valence-electron chi connectivity index (χ0n) is 19.4. The molecule has 3 rings (SSSR count). The molecule has 9 heteroatoms. The number of para-hydroxylation sites is 1. The molecule has 0 aliphatic rings. The van der Waals surface area contributed by atoms with E-state index >= 15 is 0 Å². The first-order chi connectivity index (χ1) is 15.8. The van der Waals surface area contributed by atoms with E-state index in [0.717, 1.165) is 0 Å². The second kappa shape index (κ2) is 11.3. The van der Waals surface area contributed by atoms with E-state index in [-0.39, 0.29) is 11.6 Å². The third-order valence-electron chi connectivity index (χ3n) is 5.38. The lowest BCUT2D eigenvalue weighted by Crippen LogP contribution is -2.43. The Morgan fingerprint density at radius 2 is 1.94 bits per heavy atom. The Bertz CT molecular complexity index is 1160. The van der Waals surface area contributed by atoms with E-state index in [2.05, 4.69) is 5.32 Å². The Kier molecular flexibility index (Phi) is 8.43. The van der Waals surface area contributed by atoms with Crippen molar-refractivity contribution in [1.29, 1.82) is 0 Å². The predicted molar refractivity (Wildman–Crippen MR) is 132 cm³/mol. The zero-order valence-corrected chi connectivity index (χ0v) is 20.2. The van der Waals surface area contributed by atoms with Crippen LogP contribution in [-0.4, -0.2) is 66.3 Å². The summed E-state index contributed by atoms with van der Waals surface area (Å²) in [7, 11) is 5.48. The van der Waals surface area contributed by atoms with Crippen LogP contribution >= 0.6 is 11.6 Å². The van der Waals surface area contributed by atoms with Crippen molar-refractivity contribution in [3.05, 3.63) is 69.7 Å². The third-order valence-corrected chi connectivity index (χ3v) is 5.61. The molecule has 1 atom stereocenters. The molecule has 0 bridgehead atoms.